The Morgan fingerprint density at radius 1 is 1.43 bits per heavy atom. The number of fused-ring (bicyclic) bond motifs is 1. The van der Waals surface area contributed by atoms with Crippen LogP contribution in [0.1, 0.15) is 49.2 Å². The Morgan fingerprint density at radius 3 is 2.86 bits per heavy atom. The van der Waals surface area contributed by atoms with E-state index in [0.717, 1.165) is 30.0 Å². The van der Waals surface area contributed by atoms with Gasteiger partial charge in [-0.15, -0.1) is 0 Å². The average Bonchev–Trinajstić information content (AvgIpc) is 3.10. The summed E-state index contributed by atoms with van der Waals surface area (Å²) in [5, 5.41) is 17.2. The third-order valence-corrected chi connectivity index (χ3v) is 4.73. The summed E-state index contributed by atoms with van der Waals surface area (Å²) in [5.74, 6) is 0. The van der Waals surface area contributed by atoms with Gasteiger partial charge in [0.1, 0.15) is 0 Å². The fourth-order valence-electron chi connectivity index (χ4n) is 3.01. The second-order valence-electron chi connectivity index (χ2n) is 6.43. The molecule has 0 spiro atoms. The highest BCUT2D eigenvalue weighted by molar-refractivity contribution is 5.42. The summed E-state index contributed by atoms with van der Waals surface area (Å²) < 4.78 is 1.92. The molecule has 1 aliphatic rings. The molecule has 0 aliphatic heterocycles. The number of nitrogens with zero attached hydrogens (tertiary/aromatic N) is 3. The zero-order valence-electron chi connectivity index (χ0n) is 13.1. The molecule has 5 nitrogen and oxygen atoms in total. The topological polar surface area (TPSA) is 62.5 Å². The van der Waals surface area contributed by atoms with Crippen molar-refractivity contribution in [3.05, 3.63) is 29.2 Å². The first kappa shape index (κ1) is 14.5. The molecule has 1 aliphatic carbocycles. The van der Waals surface area contributed by atoms with Crippen LogP contribution in [0.4, 0.5) is 0 Å². The Morgan fingerprint density at radius 2 is 2.19 bits per heavy atom. The lowest BCUT2D eigenvalue weighted by Crippen LogP contribution is -2.28. The predicted molar refractivity (Wildman–Crippen MR) is 82.2 cm³/mol. The maximum Gasteiger partial charge on any atom is 0.155 e. The third-order valence-electron chi connectivity index (χ3n) is 4.73. The second-order valence-corrected chi connectivity index (χ2v) is 6.43. The zero-order valence-corrected chi connectivity index (χ0v) is 13.1. The molecule has 0 amide bonds. The second kappa shape index (κ2) is 5.39. The summed E-state index contributed by atoms with van der Waals surface area (Å²) in [6, 6.07) is 2.23. The summed E-state index contributed by atoms with van der Waals surface area (Å²) in [6.45, 7) is 7.50. The van der Waals surface area contributed by atoms with Crippen LogP contribution in [0, 0.1) is 19.3 Å². The van der Waals surface area contributed by atoms with Gasteiger partial charge in [0, 0.05) is 42.7 Å². The molecule has 2 heterocycles. The van der Waals surface area contributed by atoms with Gasteiger partial charge in [-0.1, -0.05) is 0 Å². The monoisotopic (exact) mass is 288 g/mol. The highest BCUT2D eigenvalue weighted by Crippen LogP contribution is 2.48. The minimum atomic E-state index is 0.238. The molecular formula is C16H24N4O. The van der Waals surface area contributed by atoms with Gasteiger partial charge in [-0.3, -0.25) is 0 Å². The van der Waals surface area contributed by atoms with E-state index in [4.69, 9.17) is 5.11 Å². The molecule has 21 heavy (non-hydrogen) atoms. The van der Waals surface area contributed by atoms with Crippen molar-refractivity contribution in [3.8, 4) is 0 Å². The molecule has 1 saturated carbocycles. The number of aliphatic hydroxyl groups is 1. The summed E-state index contributed by atoms with van der Waals surface area (Å²) in [5.41, 5.74) is 4.55. The Bertz CT molecular complexity index is 645. The van der Waals surface area contributed by atoms with Crippen molar-refractivity contribution in [1.29, 1.82) is 0 Å². The molecule has 0 saturated heterocycles. The van der Waals surface area contributed by atoms with E-state index in [2.05, 4.69) is 29.2 Å². The first-order valence-electron chi connectivity index (χ1n) is 7.71. The molecule has 1 atom stereocenters. The van der Waals surface area contributed by atoms with E-state index in [1.54, 1.807) is 0 Å². The molecular weight excluding hydrogens is 264 g/mol. The number of aryl methyl sites for hydroxylation is 2. The molecule has 3 rings (SSSR count). The minimum absolute atomic E-state index is 0.238. The first-order valence-corrected chi connectivity index (χ1v) is 7.71. The van der Waals surface area contributed by atoms with Gasteiger partial charge in [-0.2, -0.15) is 5.10 Å². The van der Waals surface area contributed by atoms with Gasteiger partial charge in [-0.25, -0.2) is 9.50 Å². The normalized spacial score (nSPS) is 18.1. The van der Waals surface area contributed by atoms with E-state index in [0.29, 0.717) is 5.41 Å². The molecule has 1 fully saturated rings. The molecule has 0 radical (unpaired) electrons. The van der Waals surface area contributed by atoms with E-state index < -0.39 is 0 Å². The lowest BCUT2D eigenvalue weighted by atomic mass is 10.0. The van der Waals surface area contributed by atoms with Crippen molar-refractivity contribution in [2.24, 2.45) is 5.41 Å². The van der Waals surface area contributed by atoms with Crippen molar-refractivity contribution < 1.29 is 5.11 Å². The largest absolute Gasteiger partial charge is 0.396 e. The first-order chi connectivity index (χ1) is 10.0. The van der Waals surface area contributed by atoms with Gasteiger partial charge in [-0.05, 0) is 45.4 Å². The van der Waals surface area contributed by atoms with Crippen molar-refractivity contribution in [2.45, 2.75) is 46.1 Å². The number of rotatable bonds is 6. The fourth-order valence-corrected chi connectivity index (χ4v) is 3.01. The lowest BCUT2D eigenvalue weighted by Gasteiger charge is -2.21. The molecule has 0 bridgehead atoms. The molecule has 2 aromatic heterocycles. The number of hydrogen-bond donors (Lipinski definition) is 2. The van der Waals surface area contributed by atoms with Crippen molar-refractivity contribution in [3.63, 3.8) is 0 Å². The quantitative estimate of drug-likeness (QED) is 0.855. The van der Waals surface area contributed by atoms with Gasteiger partial charge in [0.15, 0.2) is 5.65 Å². The van der Waals surface area contributed by atoms with Crippen LogP contribution in [0.2, 0.25) is 0 Å². The number of hydrogen-bond acceptors (Lipinski definition) is 4. The Balaban J connectivity index is 1.75. The van der Waals surface area contributed by atoms with Crippen LogP contribution in [0.25, 0.3) is 5.65 Å². The summed E-state index contributed by atoms with van der Waals surface area (Å²) in [7, 11) is 0. The Hall–Kier alpha value is -1.46. The van der Waals surface area contributed by atoms with Crippen LogP contribution < -0.4 is 5.32 Å². The summed E-state index contributed by atoms with van der Waals surface area (Å²) in [4.78, 5) is 4.50. The third kappa shape index (κ3) is 2.80. The lowest BCUT2D eigenvalue weighted by molar-refractivity contribution is 0.243. The number of nitrogens with one attached hydrogen (secondary N) is 1. The highest BCUT2D eigenvalue weighted by atomic mass is 16.3. The molecule has 1 unspecified atom stereocenters. The smallest absolute Gasteiger partial charge is 0.155 e. The van der Waals surface area contributed by atoms with Crippen LogP contribution in [0.5, 0.6) is 0 Å². The maximum absolute atomic E-state index is 9.14. The standard InChI is InChI=1S/C16H24N4O/c1-11-8-15-17-9-14(13(3)20(15)19-11)12(2)18-10-16(4-5-16)6-7-21/h8-9,12,18,21H,4-7,10H2,1-3H3. The molecule has 5 heteroatoms. The van der Waals surface area contributed by atoms with E-state index >= 15 is 0 Å². The molecule has 114 valence electrons. The predicted octanol–water partition coefficient (Wildman–Crippen LogP) is 2.16. The molecule has 2 N–H and O–H groups in total. The van der Waals surface area contributed by atoms with Crippen LogP contribution in [0.3, 0.4) is 0 Å². The van der Waals surface area contributed by atoms with E-state index in [1.165, 1.54) is 18.4 Å². The summed E-state index contributed by atoms with van der Waals surface area (Å²) in [6.07, 6.45) is 5.31. The zero-order chi connectivity index (χ0) is 15.0. The molecule has 0 aromatic carbocycles. The van der Waals surface area contributed by atoms with E-state index in [1.807, 2.05) is 23.7 Å². The Labute approximate surface area is 125 Å². The van der Waals surface area contributed by atoms with E-state index in [9.17, 15) is 0 Å². The van der Waals surface area contributed by atoms with Crippen LogP contribution in [0.15, 0.2) is 12.3 Å². The van der Waals surface area contributed by atoms with Crippen molar-refractivity contribution >= 4 is 5.65 Å². The van der Waals surface area contributed by atoms with Crippen molar-refractivity contribution in [1.82, 2.24) is 19.9 Å². The van der Waals surface area contributed by atoms with Crippen LogP contribution in [-0.2, 0) is 0 Å². The van der Waals surface area contributed by atoms with Gasteiger partial charge < -0.3 is 10.4 Å². The molecule has 2 aromatic rings. The highest BCUT2D eigenvalue weighted by Gasteiger charge is 2.41. The van der Waals surface area contributed by atoms with Crippen LogP contribution in [-0.4, -0.2) is 32.9 Å². The van der Waals surface area contributed by atoms with Gasteiger partial charge >= 0.3 is 0 Å². The van der Waals surface area contributed by atoms with Gasteiger partial charge in [0.05, 0.1) is 5.69 Å². The number of aliphatic hydroxyl groups excluding tert-OH is 1. The average molecular weight is 288 g/mol. The maximum atomic E-state index is 9.14. The van der Waals surface area contributed by atoms with E-state index in [-0.39, 0.29) is 12.6 Å². The van der Waals surface area contributed by atoms with Crippen LogP contribution >= 0.6 is 0 Å². The fraction of sp³-hybridized carbons (Fsp3) is 0.625. The van der Waals surface area contributed by atoms with Gasteiger partial charge in [0.2, 0.25) is 0 Å². The Kier molecular flexibility index (Phi) is 3.71. The minimum Gasteiger partial charge on any atom is -0.396 e. The number of aromatic nitrogens is 3. The SMILES string of the molecule is Cc1cc2ncc(C(C)NCC3(CCO)CC3)c(C)n2n1. The van der Waals surface area contributed by atoms with Crippen molar-refractivity contribution in [2.75, 3.05) is 13.2 Å². The summed E-state index contributed by atoms with van der Waals surface area (Å²) >= 11 is 0. The van der Waals surface area contributed by atoms with Gasteiger partial charge in [0.25, 0.3) is 0 Å².